The van der Waals surface area contributed by atoms with E-state index < -0.39 is 10.1 Å². The van der Waals surface area contributed by atoms with Crippen LogP contribution in [0.1, 0.15) is 5.56 Å². The molecule has 0 unspecified atom stereocenters. The van der Waals surface area contributed by atoms with E-state index in [0.29, 0.717) is 19.6 Å². The second-order valence-electron chi connectivity index (χ2n) is 4.53. The van der Waals surface area contributed by atoms with Gasteiger partial charge in [0.2, 0.25) is 5.91 Å². The van der Waals surface area contributed by atoms with Crippen molar-refractivity contribution in [3.8, 4) is 5.75 Å². The Hall–Kier alpha value is -0.830. The van der Waals surface area contributed by atoms with Crippen molar-refractivity contribution in [2.24, 2.45) is 0 Å². The Morgan fingerprint density at radius 3 is 2.76 bits per heavy atom. The highest BCUT2D eigenvalue weighted by molar-refractivity contribution is 9.10. The largest absolute Gasteiger partial charge is 0.383 e. The van der Waals surface area contributed by atoms with Gasteiger partial charge in [-0.25, -0.2) is 0 Å². The SMILES string of the molecule is CS(=O)(=O)Oc1ccc(Br)c(CN2CCNCC2=O)c1.Cl. The van der Waals surface area contributed by atoms with E-state index >= 15 is 0 Å². The number of halogens is 2. The molecular weight excluding hydrogens is 384 g/mol. The molecule has 0 atom stereocenters. The number of rotatable bonds is 4. The number of nitrogens with zero attached hydrogens (tertiary/aromatic N) is 1. The highest BCUT2D eigenvalue weighted by Gasteiger charge is 2.19. The zero-order valence-electron chi connectivity index (χ0n) is 11.3. The van der Waals surface area contributed by atoms with Crippen LogP contribution in [0.2, 0.25) is 0 Å². The van der Waals surface area contributed by atoms with Gasteiger partial charge >= 0.3 is 10.1 Å². The van der Waals surface area contributed by atoms with Gasteiger partial charge in [0.05, 0.1) is 12.8 Å². The smallest absolute Gasteiger partial charge is 0.306 e. The van der Waals surface area contributed by atoms with Gasteiger partial charge in [-0.1, -0.05) is 15.9 Å². The normalized spacial score (nSPS) is 15.5. The number of carbonyl (C=O) groups excluding carboxylic acids is 1. The third-order valence-electron chi connectivity index (χ3n) is 2.81. The van der Waals surface area contributed by atoms with Crippen molar-refractivity contribution in [2.45, 2.75) is 6.54 Å². The summed E-state index contributed by atoms with van der Waals surface area (Å²) in [5, 5.41) is 3.00. The fourth-order valence-corrected chi connectivity index (χ4v) is 2.74. The minimum Gasteiger partial charge on any atom is -0.383 e. The summed E-state index contributed by atoms with van der Waals surface area (Å²) in [4.78, 5) is 13.5. The van der Waals surface area contributed by atoms with E-state index in [9.17, 15) is 13.2 Å². The molecule has 1 N–H and O–H groups in total. The number of hydrogen-bond acceptors (Lipinski definition) is 5. The average molecular weight is 400 g/mol. The minimum atomic E-state index is -3.56. The average Bonchev–Trinajstić information content (AvgIpc) is 2.34. The number of benzene rings is 1. The van der Waals surface area contributed by atoms with Crippen LogP contribution in [0.4, 0.5) is 0 Å². The summed E-state index contributed by atoms with van der Waals surface area (Å²) in [5.41, 5.74) is 0.807. The van der Waals surface area contributed by atoms with Crippen molar-refractivity contribution in [1.29, 1.82) is 0 Å². The highest BCUT2D eigenvalue weighted by Crippen LogP contribution is 2.25. The van der Waals surface area contributed by atoms with Gasteiger partial charge in [-0.05, 0) is 23.8 Å². The Morgan fingerprint density at radius 2 is 2.14 bits per heavy atom. The molecule has 1 amide bonds. The standard InChI is InChI=1S/C12H15BrN2O4S.ClH/c1-20(17,18)19-10-2-3-11(13)9(6-10)8-15-5-4-14-7-12(15)16;/h2-3,6,14H,4-5,7-8H2,1H3;1H. The quantitative estimate of drug-likeness (QED) is 0.769. The lowest BCUT2D eigenvalue weighted by Crippen LogP contribution is -2.47. The maximum Gasteiger partial charge on any atom is 0.306 e. The molecule has 21 heavy (non-hydrogen) atoms. The Labute approximate surface area is 138 Å². The van der Waals surface area contributed by atoms with Gasteiger partial charge in [-0.3, -0.25) is 4.79 Å². The van der Waals surface area contributed by atoms with E-state index in [4.69, 9.17) is 4.18 Å². The predicted octanol–water partition coefficient (Wildman–Crippen LogP) is 1.14. The van der Waals surface area contributed by atoms with Crippen molar-refractivity contribution < 1.29 is 17.4 Å². The van der Waals surface area contributed by atoms with Gasteiger partial charge in [-0.15, -0.1) is 12.4 Å². The molecule has 0 aliphatic carbocycles. The lowest BCUT2D eigenvalue weighted by atomic mass is 10.2. The molecule has 1 aliphatic rings. The van der Waals surface area contributed by atoms with E-state index in [0.717, 1.165) is 22.8 Å². The molecule has 1 heterocycles. The molecule has 1 saturated heterocycles. The van der Waals surface area contributed by atoms with Crippen LogP contribution >= 0.6 is 28.3 Å². The molecule has 6 nitrogen and oxygen atoms in total. The van der Waals surface area contributed by atoms with Crippen LogP contribution in [0.25, 0.3) is 0 Å². The van der Waals surface area contributed by atoms with Gasteiger partial charge in [0.1, 0.15) is 5.75 Å². The maximum absolute atomic E-state index is 11.7. The minimum absolute atomic E-state index is 0. The van der Waals surface area contributed by atoms with Crippen molar-refractivity contribution in [3.05, 3.63) is 28.2 Å². The van der Waals surface area contributed by atoms with Crippen LogP contribution in [-0.2, 0) is 21.5 Å². The fourth-order valence-electron chi connectivity index (χ4n) is 1.92. The van der Waals surface area contributed by atoms with Crippen LogP contribution < -0.4 is 9.50 Å². The molecular formula is C12H16BrClN2O4S. The number of hydrogen-bond donors (Lipinski definition) is 1. The summed E-state index contributed by atoms with van der Waals surface area (Å²) in [6, 6.07) is 4.90. The lowest BCUT2D eigenvalue weighted by Gasteiger charge is -2.27. The van der Waals surface area contributed by atoms with E-state index in [2.05, 4.69) is 21.2 Å². The number of piperazine rings is 1. The first-order valence-electron chi connectivity index (χ1n) is 6.01. The van der Waals surface area contributed by atoms with Crippen molar-refractivity contribution in [1.82, 2.24) is 10.2 Å². The lowest BCUT2D eigenvalue weighted by molar-refractivity contribution is -0.132. The van der Waals surface area contributed by atoms with Gasteiger partial charge in [0.25, 0.3) is 0 Å². The zero-order valence-corrected chi connectivity index (χ0v) is 14.6. The number of amides is 1. The summed E-state index contributed by atoms with van der Waals surface area (Å²) in [6.07, 6.45) is 0.995. The summed E-state index contributed by atoms with van der Waals surface area (Å²) < 4.78 is 27.9. The third kappa shape index (κ3) is 5.46. The predicted molar refractivity (Wildman–Crippen MR) is 85.1 cm³/mol. The second-order valence-corrected chi connectivity index (χ2v) is 6.96. The monoisotopic (exact) mass is 398 g/mol. The molecule has 0 saturated carbocycles. The van der Waals surface area contributed by atoms with Gasteiger partial charge < -0.3 is 14.4 Å². The van der Waals surface area contributed by atoms with Crippen LogP contribution in [0.5, 0.6) is 5.75 Å². The topological polar surface area (TPSA) is 75.7 Å². The molecule has 1 fully saturated rings. The van der Waals surface area contributed by atoms with Crippen molar-refractivity contribution >= 4 is 44.4 Å². The maximum atomic E-state index is 11.7. The van der Waals surface area contributed by atoms with Crippen molar-refractivity contribution in [3.63, 3.8) is 0 Å². The number of nitrogens with one attached hydrogen (secondary N) is 1. The first kappa shape index (κ1) is 18.2. The van der Waals surface area contributed by atoms with E-state index in [1.807, 2.05) is 0 Å². The Bertz CT molecular complexity index is 624. The van der Waals surface area contributed by atoms with E-state index in [1.54, 1.807) is 23.1 Å². The molecule has 1 aliphatic heterocycles. The molecule has 0 radical (unpaired) electrons. The van der Waals surface area contributed by atoms with Crippen LogP contribution in [0.15, 0.2) is 22.7 Å². The van der Waals surface area contributed by atoms with Crippen LogP contribution in [0.3, 0.4) is 0 Å². The Morgan fingerprint density at radius 1 is 1.43 bits per heavy atom. The Kier molecular flexibility index (Phi) is 6.45. The Balaban J connectivity index is 0.00000220. The summed E-state index contributed by atoms with van der Waals surface area (Å²) in [5.74, 6) is 0.269. The highest BCUT2D eigenvalue weighted by atomic mass is 79.9. The first-order valence-corrected chi connectivity index (χ1v) is 8.62. The molecule has 9 heteroatoms. The molecule has 118 valence electrons. The molecule has 0 aromatic heterocycles. The van der Waals surface area contributed by atoms with Gasteiger partial charge in [0.15, 0.2) is 0 Å². The van der Waals surface area contributed by atoms with Crippen LogP contribution in [-0.4, -0.2) is 45.1 Å². The van der Waals surface area contributed by atoms with Gasteiger partial charge in [0, 0.05) is 24.1 Å². The van der Waals surface area contributed by atoms with Crippen LogP contribution in [0, 0.1) is 0 Å². The van der Waals surface area contributed by atoms with E-state index in [1.165, 1.54) is 0 Å². The summed E-state index contributed by atoms with van der Waals surface area (Å²) >= 11 is 3.40. The number of carbonyl (C=O) groups is 1. The molecule has 1 aromatic carbocycles. The van der Waals surface area contributed by atoms with Gasteiger partial charge in [-0.2, -0.15) is 8.42 Å². The third-order valence-corrected chi connectivity index (χ3v) is 4.08. The fraction of sp³-hybridized carbons (Fsp3) is 0.417. The second kappa shape index (κ2) is 7.44. The molecule has 2 rings (SSSR count). The summed E-state index contributed by atoms with van der Waals surface area (Å²) in [6.45, 7) is 2.13. The molecule has 0 spiro atoms. The summed E-state index contributed by atoms with van der Waals surface area (Å²) in [7, 11) is -3.56. The first-order chi connectivity index (χ1) is 9.35. The zero-order chi connectivity index (χ0) is 14.8. The van der Waals surface area contributed by atoms with Crippen molar-refractivity contribution in [2.75, 3.05) is 25.9 Å². The van der Waals surface area contributed by atoms with E-state index in [-0.39, 0.29) is 24.1 Å². The molecule has 0 bridgehead atoms. The molecule has 1 aromatic rings.